The molecule has 0 aliphatic carbocycles. The molecule has 0 heterocycles. The zero-order valence-corrected chi connectivity index (χ0v) is 25.6. The molecule has 0 unspecified atom stereocenters. The van der Waals surface area contributed by atoms with Gasteiger partial charge in [-0.25, -0.2) is 0 Å². The van der Waals surface area contributed by atoms with E-state index in [0.29, 0.717) is 0 Å². The molecule has 0 saturated carbocycles. The highest BCUT2D eigenvalue weighted by Gasteiger charge is 2.19. The lowest BCUT2D eigenvalue weighted by atomic mass is 9.84. The molecule has 0 amide bonds. The van der Waals surface area contributed by atoms with Crippen LogP contribution in [0.5, 0.6) is 5.75 Å². The van der Waals surface area contributed by atoms with E-state index < -0.39 is 0 Å². The van der Waals surface area contributed by atoms with Crippen LogP contribution in [0.25, 0.3) is 77.2 Å². The van der Waals surface area contributed by atoms with Gasteiger partial charge in [0.25, 0.3) is 0 Å². The van der Waals surface area contributed by atoms with E-state index in [0.717, 1.165) is 22.3 Å². The van der Waals surface area contributed by atoms with Gasteiger partial charge in [-0.15, -0.1) is 0 Å². The molecular formula is C45H32O. The molecule has 0 fully saturated rings. The normalized spacial score (nSPS) is 11.2. The van der Waals surface area contributed by atoms with E-state index in [-0.39, 0.29) is 5.75 Å². The summed E-state index contributed by atoms with van der Waals surface area (Å²) in [5.41, 5.74) is 12.4. The van der Waals surface area contributed by atoms with Crippen LogP contribution in [-0.2, 0) is 0 Å². The third-order valence-electron chi connectivity index (χ3n) is 9.18. The lowest BCUT2D eigenvalue weighted by molar-refractivity contribution is 0.477. The zero-order valence-electron chi connectivity index (χ0n) is 25.6. The van der Waals surface area contributed by atoms with E-state index >= 15 is 0 Å². The van der Waals surface area contributed by atoms with Crippen molar-refractivity contribution in [3.05, 3.63) is 175 Å². The van der Waals surface area contributed by atoms with Gasteiger partial charge >= 0.3 is 0 Å². The molecule has 218 valence electrons. The third-order valence-corrected chi connectivity index (χ3v) is 9.18. The minimum atomic E-state index is 0.278. The van der Waals surface area contributed by atoms with Crippen LogP contribution in [0.4, 0.5) is 0 Å². The van der Waals surface area contributed by atoms with Crippen LogP contribution in [0.3, 0.4) is 0 Å². The predicted octanol–water partition coefficient (Wildman–Crippen LogP) is 12.3. The third kappa shape index (κ3) is 4.74. The Kier molecular flexibility index (Phi) is 6.93. The Hall–Kier alpha value is -5.92. The molecule has 0 bridgehead atoms. The summed E-state index contributed by atoms with van der Waals surface area (Å²) in [5.74, 6) is 0.278. The van der Waals surface area contributed by atoms with Gasteiger partial charge in [0.05, 0.1) is 0 Å². The fourth-order valence-electron chi connectivity index (χ4n) is 7.00. The molecule has 8 aromatic rings. The zero-order chi connectivity index (χ0) is 31.0. The summed E-state index contributed by atoms with van der Waals surface area (Å²) in [6.07, 6.45) is 0. The molecule has 1 nitrogen and oxygen atoms in total. The average molecular weight is 589 g/mol. The molecule has 0 spiro atoms. The van der Waals surface area contributed by atoms with Gasteiger partial charge in [-0.3, -0.25) is 0 Å². The van der Waals surface area contributed by atoms with E-state index in [2.05, 4.69) is 165 Å². The van der Waals surface area contributed by atoms with Crippen LogP contribution >= 0.6 is 0 Å². The number of hydrogen-bond donors (Lipinski definition) is 1. The summed E-state index contributed by atoms with van der Waals surface area (Å²) < 4.78 is 0. The van der Waals surface area contributed by atoms with Gasteiger partial charge in [0.2, 0.25) is 0 Å². The van der Waals surface area contributed by atoms with Crippen molar-refractivity contribution < 1.29 is 5.11 Å². The minimum Gasteiger partial charge on any atom is -0.507 e. The Morgan fingerprint density at radius 1 is 0.326 bits per heavy atom. The maximum Gasteiger partial charge on any atom is 0.123 e. The standard InChI is InChI=1S/C45H32O/c1-30-36(32-16-6-3-7-17-32)24-13-25-37(30)42-29-35(26-27-43(42)46)45-40-22-10-8-20-38(40)44(39-21-9-11-23-41(39)45)34-19-12-18-33(28-34)31-14-4-2-5-15-31/h2-29,46H,1H3. The summed E-state index contributed by atoms with van der Waals surface area (Å²) in [6.45, 7) is 2.15. The molecule has 1 heteroatoms. The van der Waals surface area contributed by atoms with Gasteiger partial charge in [-0.2, -0.15) is 0 Å². The number of benzene rings is 8. The summed E-state index contributed by atoms with van der Waals surface area (Å²) in [5, 5.41) is 16.0. The number of aromatic hydroxyl groups is 1. The van der Waals surface area contributed by atoms with E-state index in [1.165, 1.54) is 60.5 Å². The maximum absolute atomic E-state index is 11.3. The minimum absolute atomic E-state index is 0.278. The summed E-state index contributed by atoms with van der Waals surface area (Å²) in [4.78, 5) is 0. The lowest BCUT2D eigenvalue weighted by Gasteiger charge is -2.19. The smallest absolute Gasteiger partial charge is 0.123 e. The van der Waals surface area contributed by atoms with Crippen molar-refractivity contribution in [3.8, 4) is 61.4 Å². The molecule has 0 aromatic heterocycles. The van der Waals surface area contributed by atoms with Crippen molar-refractivity contribution in [3.63, 3.8) is 0 Å². The molecule has 1 N–H and O–H groups in total. The van der Waals surface area contributed by atoms with Crippen molar-refractivity contribution in [1.82, 2.24) is 0 Å². The largest absolute Gasteiger partial charge is 0.507 e. The molecular weight excluding hydrogens is 556 g/mol. The molecule has 0 aliphatic rings. The molecule has 8 rings (SSSR count). The molecule has 0 atom stereocenters. The van der Waals surface area contributed by atoms with E-state index in [9.17, 15) is 5.11 Å². The molecule has 0 radical (unpaired) electrons. The van der Waals surface area contributed by atoms with Gasteiger partial charge in [0.15, 0.2) is 0 Å². The van der Waals surface area contributed by atoms with Gasteiger partial charge in [0, 0.05) is 5.56 Å². The quantitative estimate of drug-likeness (QED) is 0.198. The number of rotatable bonds is 5. The van der Waals surface area contributed by atoms with E-state index in [4.69, 9.17) is 0 Å². The number of phenolic OH excluding ortho intramolecular Hbond substituents is 1. The van der Waals surface area contributed by atoms with Gasteiger partial charge in [0.1, 0.15) is 5.75 Å². The molecule has 0 aliphatic heterocycles. The van der Waals surface area contributed by atoms with Crippen LogP contribution < -0.4 is 0 Å². The topological polar surface area (TPSA) is 20.2 Å². The van der Waals surface area contributed by atoms with Gasteiger partial charge in [-0.1, -0.05) is 152 Å². The van der Waals surface area contributed by atoms with Crippen LogP contribution in [0, 0.1) is 6.92 Å². The Bertz CT molecular complexity index is 2310. The fraction of sp³-hybridized carbons (Fsp3) is 0.0222. The second kappa shape index (κ2) is 11.5. The predicted molar refractivity (Wildman–Crippen MR) is 195 cm³/mol. The Labute approximate surface area is 269 Å². The van der Waals surface area contributed by atoms with Crippen LogP contribution in [0.1, 0.15) is 5.56 Å². The van der Waals surface area contributed by atoms with Crippen LogP contribution in [-0.4, -0.2) is 5.11 Å². The highest BCUT2D eigenvalue weighted by molar-refractivity contribution is 6.21. The van der Waals surface area contributed by atoms with Crippen LogP contribution in [0.15, 0.2) is 170 Å². The highest BCUT2D eigenvalue weighted by Crippen LogP contribution is 2.46. The average Bonchev–Trinajstić information content (AvgIpc) is 3.12. The lowest BCUT2D eigenvalue weighted by Crippen LogP contribution is -1.93. The summed E-state index contributed by atoms with van der Waals surface area (Å²) >= 11 is 0. The Morgan fingerprint density at radius 2 is 0.783 bits per heavy atom. The van der Waals surface area contributed by atoms with Crippen LogP contribution in [0.2, 0.25) is 0 Å². The second-order valence-electron chi connectivity index (χ2n) is 11.9. The monoisotopic (exact) mass is 588 g/mol. The first-order chi connectivity index (χ1) is 22.7. The van der Waals surface area contributed by atoms with Crippen molar-refractivity contribution in [1.29, 1.82) is 0 Å². The number of phenols is 1. The molecule has 46 heavy (non-hydrogen) atoms. The SMILES string of the molecule is Cc1c(-c2ccccc2)cccc1-c1cc(-c2c3ccccc3c(-c3cccc(-c4ccccc4)c3)c3ccccc23)ccc1O. The highest BCUT2D eigenvalue weighted by atomic mass is 16.3. The fourth-order valence-corrected chi connectivity index (χ4v) is 7.00. The first kappa shape index (κ1) is 27.6. The van der Waals surface area contributed by atoms with Gasteiger partial charge in [-0.05, 0) is 102 Å². The van der Waals surface area contributed by atoms with E-state index in [1.54, 1.807) is 0 Å². The van der Waals surface area contributed by atoms with Gasteiger partial charge < -0.3 is 5.11 Å². The summed E-state index contributed by atoms with van der Waals surface area (Å²) in [7, 11) is 0. The van der Waals surface area contributed by atoms with Crippen molar-refractivity contribution in [2.24, 2.45) is 0 Å². The second-order valence-corrected chi connectivity index (χ2v) is 11.9. The number of fused-ring (bicyclic) bond motifs is 2. The summed E-state index contributed by atoms with van der Waals surface area (Å²) in [6, 6.07) is 59.8. The van der Waals surface area contributed by atoms with Crippen molar-refractivity contribution in [2.45, 2.75) is 6.92 Å². The maximum atomic E-state index is 11.3. The Morgan fingerprint density at radius 3 is 1.39 bits per heavy atom. The van der Waals surface area contributed by atoms with Crippen molar-refractivity contribution >= 4 is 21.5 Å². The number of hydrogen-bond acceptors (Lipinski definition) is 1. The van der Waals surface area contributed by atoms with E-state index in [1.807, 2.05) is 12.1 Å². The first-order valence-electron chi connectivity index (χ1n) is 15.8. The Balaban J connectivity index is 1.36. The molecule has 8 aromatic carbocycles. The van der Waals surface area contributed by atoms with Crippen molar-refractivity contribution in [2.75, 3.05) is 0 Å². The first-order valence-corrected chi connectivity index (χ1v) is 15.8. The molecule has 0 saturated heterocycles.